The van der Waals surface area contributed by atoms with Crippen molar-refractivity contribution in [2.75, 3.05) is 14.7 Å². The van der Waals surface area contributed by atoms with Crippen molar-refractivity contribution in [3.63, 3.8) is 0 Å². The van der Waals surface area contributed by atoms with E-state index in [-0.39, 0.29) is 0 Å². The van der Waals surface area contributed by atoms with E-state index in [9.17, 15) is 0 Å². The maximum absolute atomic E-state index is 2.35. The summed E-state index contributed by atoms with van der Waals surface area (Å²) in [4.78, 5) is 7.02. The molecule has 0 aromatic heterocycles. The fraction of sp³-hybridized carbons (Fsp3) is 0.143. The quantitative estimate of drug-likeness (QED) is 0.0705. The summed E-state index contributed by atoms with van der Waals surface area (Å²) >= 11 is 0. The van der Waals surface area contributed by atoms with Gasteiger partial charge in [0.05, 0.1) is 0 Å². The van der Waals surface area contributed by atoms with Gasteiger partial charge in [0.15, 0.2) is 0 Å². The van der Waals surface area contributed by atoms with Crippen LogP contribution >= 0.6 is 0 Å². The molecule has 3 nitrogen and oxygen atoms in total. The highest BCUT2D eigenvalue weighted by Crippen LogP contribution is 2.39. The Morgan fingerprint density at radius 3 is 0.975 bits per heavy atom. The molecule has 396 valence electrons. The smallest absolute Gasteiger partial charge is 0.0468 e. The first-order chi connectivity index (χ1) is 39.1. The van der Waals surface area contributed by atoms with Gasteiger partial charge in [0.25, 0.3) is 0 Å². The third-order valence-corrected chi connectivity index (χ3v) is 14.9. The summed E-state index contributed by atoms with van der Waals surface area (Å²) in [5, 5.41) is 2.46. The summed E-state index contributed by atoms with van der Waals surface area (Å²) in [5.74, 6) is 0.965. The zero-order valence-corrected chi connectivity index (χ0v) is 47.3. The second-order valence-corrected chi connectivity index (χ2v) is 21.4. The number of nitrogens with zero attached hydrogens (tertiary/aromatic N) is 3. The molecule has 0 aliphatic rings. The molecule has 0 saturated heterocycles. The van der Waals surface area contributed by atoms with Gasteiger partial charge in [0.2, 0.25) is 0 Å². The van der Waals surface area contributed by atoms with Crippen LogP contribution in [0.4, 0.5) is 51.2 Å². The number of unbranched alkanes of at least 4 members (excludes halogenated alkanes) is 1. The summed E-state index contributed by atoms with van der Waals surface area (Å²) in [6, 6.07) is 86.4. The molecule has 80 heavy (non-hydrogen) atoms. The standard InChI is InChI=1S/C77H73N3/c1-7-8-15-60-24-41-71(42-25-60)79(72-45-28-62(29-46-72)17-10-9-16-61-26-43-70(44-27-61)78(69-39-22-59(6)23-40-69)75-51-34-65(35-52-75)57(2)3)73-47-30-63(31-48-73)18-11-12-19-64-32-49-74(50-33-64)80(76-53-36-66(37-54-76)58(4)5)77-55-38-67-20-13-14-21-68(67)56-77/h9-14,16-58H,7-8,15H2,1-6H3/b16-9-,17-10+,18-11+,19-12+. The maximum atomic E-state index is 2.35. The Balaban J connectivity index is 0.812. The number of hydrogen-bond acceptors (Lipinski definition) is 3. The van der Waals surface area contributed by atoms with Crippen molar-refractivity contribution in [3.05, 3.63) is 305 Å². The molecule has 0 heterocycles. The second kappa shape index (κ2) is 26.0. The summed E-state index contributed by atoms with van der Waals surface area (Å²) in [6.07, 6.45) is 20.6. The van der Waals surface area contributed by atoms with Gasteiger partial charge < -0.3 is 14.7 Å². The normalized spacial score (nSPS) is 11.8. The zero-order chi connectivity index (χ0) is 55.2. The highest BCUT2D eigenvalue weighted by molar-refractivity contribution is 5.89. The Kier molecular flexibility index (Phi) is 17.6. The highest BCUT2D eigenvalue weighted by atomic mass is 15.2. The zero-order valence-electron chi connectivity index (χ0n) is 47.3. The molecule has 0 fully saturated rings. The maximum Gasteiger partial charge on any atom is 0.0468 e. The molecule has 10 aromatic carbocycles. The topological polar surface area (TPSA) is 9.72 Å². The van der Waals surface area contributed by atoms with E-state index < -0.39 is 0 Å². The van der Waals surface area contributed by atoms with Gasteiger partial charge in [-0.05, 0) is 191 Å². The summed E-state index contributed by atoms with van der Waals surface area (Å²) in [5.41, 5.74) is 20.0. The van der Waals surface area contributed by atoms with Gasteiger partial charge in [-0.1, -0.05) is 223 Å². The van der Waals surface area contributed by atoms with Crippen LogP contribution in [0.3, 0.4) is 0 Å². The first kappa shape index (κ1) is 54.2. The summed E-state index contributed by atoms with van der Waals surface area (Å²) < 4.78 is 0. The first-order valence-corrected chi connectivity index (χ1v) is 28.5. The number of benzene rings is 10. The van der Waals surface area contributed by atoms with Crippen LogP contribution in [0.15, 0.2) is 261 Å². The summed E-state index contributed by atoms with van der Waals surface area (Å²) in [7, 11) is 0. The molecule has 0 aliphatic carbocycles. The number of aryl methyl sites for hydroxylation is 2. The molecule has 0 N–H and O–H groups in total. The van der Waals surface area contributed by atoms with E-state index in [1.54, 1.807) is 0 Å². The minimum atomic E-state index is 0.477. The number of rotatable bonds is 20. The lowest BCUT2D eigenvalue weighted by Gasteiger charge is -2.26. The molecule has 0 bridgehead atoms. The second-order valence-electron chi connectivity index (χ2n) is 21.4. The summed E-state index contributed by atoms with van der Waals surface area (Å²) in [6.45, 7) is 13.3. The van der Waals surface area contributed by atoms with Crippen LogP contribution in [0, 0.1) is 6.92 Å². The van der Waals surface area contributed by atoms with Crippen molar-refractivity contribution in [2.45, 2.75) is 72.6 Å². The van der Waals surface area contributed by atoms with Crippen LogP contribution in [0.5, 0.6) is 0 Å². The van der Waals surface area contributed by atoms with Crippen LogP contribution in [-0.2, 0) is 6.42 Å². The number of hydrogen-bond donors (Lipinski definition) is 0. The van der Waals surface area contributed by atoms with E-state index in [4.69, 9.17) is 0 Å². The Bertz CT molecular complexity index is 3690. The van der Waals surface area contributed by atoms with Crippen molar-refractivity contribution in [1.82, 2.24) is 0 Å². The Labute approximate surface area is 476 Å². The molecule has 3 heteroatoms. The fourth-order valence-electron chi connectivity index (χ4n) is 10.2. The van der Waals surface area contributed by atoms with Gasteiger partial charge in [0, 0.05) is 51.2 Å². The predicted molar refractivity (Wildman–Crippen MR) is 349 cm³/mol. The van der Waals surface area contributed by atoms with Crippen LogP contribution in [0.25, 0.3) is 35.1 Å². The van der Waals surface area contributed by atoms with Gasteiger partial charge in [-0.2, -0.15) is 0 Å². The predicted octanol–water partition coefficient (Wildman–Crippen LogP) is 22.6. The van der Waals surface area contributed by atoms with E-state index in [0.717, 1.165) is 79.9 Å². The molecule has 0 spiro atoms. The molecule has 0 amide bonds. The van der Waals surface area contributed by atoms with E-state index in [2.05, 4.69) is 341 Å². The highest BCUT2D eigenvalue weighted by Gasteiger charge is 2.16. The van der Waals surface area contributed by atoms with Crippen molar-refractivity contribution in [1.29, 1.82) is 0 Å². The van der Waals surface area contributed by atoms with Crippen molar-refractivity contribution in [2.24, 2.45) is 0 Å². The Morgan fingerprint density at radius 1 is 0.325 bits per heavy atom. The average Bonchev–Trinajstić information content (AvgIpc) is 3.51. The molecular formula is C77H73N3. The SMILES string of the molecule is CCCCc1ccc(N(c2ccc(/C=C/C=C\c3ccc(N(c4ccc(C)cc4)c4ccc(C(C)C)cc4)cc3)cc2)c2ccc(/C=C/C=C/c3ccc(N(c4ccc(C(C)C)cc4)c4ccc5ccccc5c4)cc3)cc2)cc1. The van der Waals surface area contributed by atoms with Crippen LogP contribution in [-0.4, -0.2) is 0 Å². The molecule has 0 saturated carbocycles. The largest absolute Gasteiger partial charge is 0.311 e. The van der Waals surface area contributed by atoms with Gasteiger partial charge in [-0.15, -0.1) is 0 Å². The number of allylic oxidation sites excluding steroid dienone is 4. The fourth-order valence-corrected chi connectivity index (χ4v) is 10.2. The van der Waals surface area contributed by atoms with Crippen LogP contribution < -0.4 is 14.7 Å². The minimum Gasteiger partial charge on any atom is -0.311 e. The molecular weight excluding hydrogens is 967 g/mol. The number of anilines is 9. The molecule has 10 rings (SSSR count). The molecule has 0 atom stereocenters. The Hall–Kier alpha value is -9.18. The first-order valence-electron chi connectivity index (χ1n) is 28.5. The van der Waals surface area contributed by atoms with Crippen molar-refractivity contribution >= 4 is 86.3 Å². The lowest BCUT2D eigenvalue weighted by Crippen LogP contribution is -2.10. The van der Waals surface area contributed by atoms with Gasteiger partial charge >= 0.3 is 0 Å². The molecule has 0 aliphatic heterocycles. The monoisotopic (exact) mass is 1040 g/mol. The van der Waals surface area contributed by atoms with Gasteiger partial charge in [-0.3, -0.25) is 0 Å². The van der Waals surface area contributed by atoms with Crippen molar-refractivity contribution < 1.29 is 0 Å². The third-order valence-electron chi connectivity index (χ3n) is 14.9. The lowest BCUT2D eigenvalue weighted by molar-refractivity contribution is 0.795. The van der Waals surface area contributed by atoms with E-state index in [1.165, 1.54) is 45.9 Å². The lowest BCUT2D eigenvalue weighted by atomic mass is 10.0. The molecule has 0 radical (unpaired) electrons. The van der Waals surface area contributed by atoms with Crippen LogP contribution in [0.2, 0.25) is 0 Å². The average molecular weight is 1040 g/mol. The van der Waals surface area contributed by atoms with Crippen LogP contribution in [0.1, 0.15) is 104 Å². The number of fused-ring (bicyclic) bond motifs is 1. The minimum absolute atomic E-state index is 0.477. The van der Waals surface area contributed by atoms with Gasteiger partial charge in [-0.25, -0.2) is 0 Å². The molecule has 0 unspecified atom stereocenters. The van der Waals surface area contributed by atoms with E-state index in [1.807, 2.05) is 0 Å². The third kappa shape index (κ3) is 13.6. The molecule has 10 aromatic rings. The van der Waals surface area contributed by atoms with E-state index in [0.29, 0.717) is 11.8 Å². The van der Waals surface area contributed by atoms with Crippen molar-refractivity contribution in [3.8, 4) is 0 Å². The van der Waals surface area contributed by atoms with Gasteiger partial charge in [0.1, 0.15) is 0 Å². The van der Waals surface area contributed by atoms with E-state index >= 15 is 0 Å². The Morgan fingerprint density at radius 2 is 0.625 bits per heavy atom.